The Kier molecular flexibility index (Phi) is 5.79. The first-order valence-corrected chi connectivity index (χ1v) is 10.2. The van der Waals surface area contributed by atoms with Crippen LogP contribution in [0.1, 0.15) is 18.9 Å². The summed E-state index contributed by atoms with van der Waals surface area (Å²) in [5.41, 5.74) is 1.56. The SMILES string of the molecule is COC(=O)CC(=O)N1CCN(C2=Nc3ccccc3Oc3c(OC)cccc32)CC1C. The number of ether oxygens (including phenoxy) is 3. The summed E-state index contributed by atoms with van der Waals surface area (Å²) < 4.78 is 16.4. The molecular formula is C23H25N3O5. The topological polar surface area (TPSA) is 80.7 Å². The number of aliphatic imine (C=N–C) groups is 1. The van der Waals surface area contributed by atoms with E-state index in [1.807, 2.05) is 49.4 Å². The highest BCUT2D eigenvalue weighted by Crippen LogP contribution is 2.42. The van der Waals surface area contributed by atoms with Crippen LogP contribution in [0.4, 0.5) is 5.69 Å². The third-order valence-corrected chi connectivity index (χ3v) is 5.51. The molecule has 0 bridgehead atoms. The summed E-state index contributed by atoms with van der Waals surface area (Å²) in [7, 11) is 2.90. The minimum atomic E-state index is -0.525. The number of fused-ring (bicyclic) bond motifs is 2. The number of rotatable bonds is 3. The van der Waals surface area contributed by atoms with Crippen molar-refractivity contribution in [3.63, 3.8) is 0 Å². The van der Waals surface area contributed by atoms with Gasteiger partial charge in [0.25, 0.3) is 0 Å². The molecule has 2 aromatic carbocycles. The largest absolute Gasteiger partial charge is 0.493 e. The van der Waals surface area contributed by atoms with Crippen LogP contribution in [0.2, 0.25) is 0 Å². The predicted octanol–water partition coefficient (Wildman–Crippen LogP) is 2.98. The lowest BCUT2D eigenvalue weighted by Crippen LogP contribution is -2.55. The van der Waals surface area contributed by atoms with Gasteiger partial charge in [-0.2, -0.15) is 0 Å². The molecule has 2 aliphatic heterocycles. The Hall–Kier alpha value is -3.55. The second kappa shape index (κ2) is 8.67. The normalized spacial score (nSPS) is 17.5. The molecule has 0 radical (unpaired) electrons. The summed E-state index contributed by atoms with van der Waals surface area (Å²) in [5.74, 6) is 1.92. The fourth-order valence-corrected chi connectivity index (χ4v) is 3.94. The Bertz CT molecular complexity index is 1040. The minimum absolute atomic E-state index is 0.0953. The van der Waals surface area contributed by atoms with Crippen molar-refractivity contribution >= 4 is 23.4 Å². The minimum Gasteiger partial charge on any atom is -0.493 e. The highest BCUT2D eigenvalue weighted by molar-refractivity contribution is 6.04. The fourth-order valence-electron chi connectivity index (χ4n) is 3.94. The highest BCUT2D eigenvalue weighted by atomic mass is 16.5. The molecule has 0 saturated carbocycles. The van der Waals surface area contributed by atoms with E-state index < -0.39 is 5.97 Å². The molecule has 31 heavy (non-hydrogen) atoms. The molecule has 1 saturated heterocycles. The van der Waals surface area contributed by atoms with Crippen molar-refractivity contribution in [3.05, 3.63) is 48.0 Å². The average molecular weight is 423 g/mol. The first-order valence-electron chi connectivity index (χ1n) is 10.2. The summed E-state index contributed by atoms with van der Waals surface area (Å²) in [6.45, 7) is 3.60. The number of nitrogens with zero attached hydrogens (tertiary/aromatic N) is 3. The van der Waals surface area contributed by atoms with Gasteiger partial charge in [-0.1, -0.05) is 18.2 Å². The van der Waals surface area contributed by atoms with Crippen LogP contribution >= 0.6 is 0 Å². The van der Waals surface area contributed by atoms with Gasteiger partial charge in [0.1, 0.15) is 17.9 Å². The summed E-state index contributed by atoms with van der Waals surface area (Å²) >= 11 is 0. The average Bonchev–Trinajstić information content (AvgIpc) is 2.95. The molecule has 0 spiro atoms. The standard InChI is InChI=1S/C23H25N3O5/c1-15-14-25(11-12-26(15)20(27)13-21(28)30-3)23-16-7-6-10-19(29-2)22(16)31-18-9-5-4-8-17(18)24-23/h4-10,15H,11-14H2,1-3H3. The lowest BCUT2D eigenvalue weighted by Gasteiger charge is -2.41. The smallest absolute Gasteiger partial charge is 0.315 e. The van der Waals surface area contributed by atoms with Crippen LogP contribution in [0.25, 0.3) is 0 Å². The first kappa shape index (κ1) is 20.7. The zero-order valence-electron chi connectivity index (χ0n) is 17.8. The molecule has 2 aromatic rings. The van der Waals surface area contributed by atoms with Gasteiger partial charge in [0.15, 0.2) is 17.2 Å². The lowest BCUT2D eigenvalue weighted by molar-refractivity contribution is -0.148. The van der Waals surface area contributed by atoms with E-state index in [1.54, 1.807) is 12.0 Å². The number of para-hydroxylation sites is 3. The molecule has 1 amide bonds. The molecule has 0 aromatic heterocycles. The molecule has 0 N–H and O–H groups in total. The predicted molar refractivity (Wildman–Crippen MR) is 115 cm³/mol. The van der Waals surface area contributed by atoms with Gasteiger partial charge in [-0.3, -0.25) is 9.59 Å². The van der Waals surface area contributed by atoms with Crippen molar-refractivity contribution < 1.29 is 23.8 Å². The zero-order chi connectivity index (χ0) is 22.0. The van der Waals surface area contributed by atoms with E-state index in [9.17, 15) is 9.59 Å². The van der Waals surface area contributed by atoms with Crippen molar-refractivity contribution in [1.29, 1.82) is 0 Å². The molecule has 1 atom stereocenters. The third kappa shape index (κ3) is 4.05. The maximum atomic E-state index is 12.5. The zero-order valence-corrected chi connectivity index (χ0v) is 17.8. The molecule has 1 fully saturated rings. The Morgan fingerprint density at radius 3 is 2.68 bits per heavy atom. The summed E-state index contributed by atoms with van der Waals surface area (Å²) in [6, 6.07) is 13.2. The molecule has 162 valence electrons. The van der Waals surface area contributed by atoms with E-state index in [4.69, 9.17) is 14.5 Å². The van der Waals surface area contributed by atoms with E-state index in [0.29, 0.717) is 36.9 Å². The van der Waals surface area contributed by atoms with Crippen LogP contribution < -0.4 is 9.47 Å². The molecule has 1 unspecified atom stereocenters. The molecule has 2 aliphatic rings. The van der Waals surface area contributed by atoms with Gasteiger partial charge in [0.05, 0.1) is 19.8 Å². The van der Waals surface area contributed by atoms with Crippen LogP contribution in [-0.4, -0.2) is 67.4 Å². The monoisotopic (exact) mass is 423 g/mol. The van der Waals surface area contributed by atoms with E-state index >= 15 is 0 Å². The van der Waals surface area contributed by atoms with Crippen molar-refractivity contribution in [2.75, 3.05) is 33.9 Å². The van der Waals surface area contributed by atoms with E-state index in [0.717, 1.165) is 17.1 Å². The molecule has 4 rings (SSSR count). The van der Waals surface area contributed by atoms with Crippen LogP contribution in [0, 0.1) is 0 Å². The maximum absolute atomic E-state index is 12.5. The van der Waals surface area contributed by atoms with Crippen LogP contribution in [-0.2, 0) is 14.3 Å². The Labute approximate surface area is 181 Å². The first-order chi connectivity index (χ1) is 15.0. The van der Waals surface area contributed by atoms with Gasteiger partial charge in [0, 0.05) is 25.7 Å². The van der Waals surface area contributed by atoms with Crippen LogP contribution in [0.5, 0.6) is 17.2 Å². The summed E-state index contributed by atoms with van der Waals surface area (Å²) in [6.07, 6.45) is -0.247. The quantitative estimate of drug-likeness (QED) is 0.558. The van der Waals surface area contributed by atoms with Gasteiger partial charge in [-0.25, -0.2) is 4.99 Å². The molecule has 2 heterocycles. The second-order valence-corrected chi connectivity index (χ2v) is 7.48. The van der Waals surface area contributed by atoms with Crippen molar-refractivity contribution in [1.82, 2.24) is 9.80 Å². The number of carbonyl (C=O) groups excluding carboxylic acids is 2. The number of hydrogen-bond donors (Lipinski definition) is 0. The van der Waals surface area contributed by atoms with Crippen molar-refractivity contribution in [3.8, 4) is 17.2 Å². The van der Waals surface area contributed by atoms with E-state index in [1.165, 1.54) is 7.11 Å². The van der Waals surface area contributed by atoms with Gasteiger partial charge in [-0.05, 0) is 31.2 Å². The third-order valence-electron chi connectivity index (χ3n) is 5.51. The van der Waals surface area contributed by atoms with Gasteiger partial charge >= 0.3 is 5.97 Å². The van der Waals surface area contributed by atoms with Gasteiger partial charge < -0.3 is 24.0 Å². The number of carbonyl (C=O) groups is 2. The summed E-state index contributed by atoms with van der Waals surface area (Å²) in [5, 5.41) is 0. The fraction of sp³-hybridized carbons (Fsp3) is 0.348. The Morgan fingerprint density at radius 1 is 1.13 bits per heavy atom. The van der Waals surface area contributed by atoms with Crippen LogP contribution in [0.15, 0.2) is 47.5 Å². The van der Waals surface area contributed by atoms with Gasteiger partial charge in [0.2, 0.25) is 5.91 Å². The lowest BCUT2D eigenvalue weighted by atomic mass is 10.1. The van der Waals surface area contributed by atoms with Crippen molar-refractivity contribution in [2.24, 2.45) is 4.99 Å². The van der Waals surface area contributed by atoms with Crippen molar-refractivity contribution in [2.45, 2.75) is 19.4 Å². The Balaban J connectivity index is 1.66. The maximum Gasteiger partial charge on any atom is 0.315 e. The molecule has 8 heteroatoms. The summed E-state index contributed by atoms with van der Waals surface area (Å²) in [4.78, 5) is 32.8. The number of piperazine rings is 1. The molecule has 0 aliphatic carbocycles. The number of hydrogen-bond acceptors (Lipinski definition) is 7. The van der Waals surface area contributed by atoms with E-state index in [-0.39, 0.29) is 18.4 Å². The number of methoxy groups -OCH3 is 2. The molecular weight excluding hydrogens is 398 g/mol. The van der Waals surface area contributed by atoms with E-state index in [2.05, 4.69) is 9.64 Å². The number of benzene rings is 2. The van der Waals surface area contributed by atoms with Gasteiger partial charge in [-0.15, -0.1) is 0 Å². The second-order valence-electron chi connectivity index (χ2n) is 7.48. The highest BCUT2D eigenvalue weighted by Gasteiger charge is 2.32. The number of amidine groups is 1. The Morgan fingerprint density at radius 2 is 1.94 bits per heavy atom. The van der Waals surface area contributed by atoms with Crippen LogP contribution in [0.3, 0.4) is 0 Å². The molecule has 8 nitrogen and oxygen atoms in total. The number of amides is 1. The number of esters is 1.